The SMILES string of the molecule is [Hf].[O]=[Ti]=[O].[SiH3]. The molecule has 0 saturated carbocycles. The van der Waals surface area contributed by atoms with Crippen molar-refractivity contribution >= 4 is 11.0 Å². The molecule has 0 aromatic carbocycles. The Kier molecular flexibility index (Phi) is 58.6. The predicted molar refractivity (Wildman–Crippen MR) is 11.3 cm³/mol. The number of hydrogen-bond acceptors (Lipinski definition) is 2. The summed E-state index contributed by atoms with van der Waals surface area (Å²) in [6.45, 7) is 0. The van der Waals surface area contributed by atoms with Crippen molar-refractivity contribution in [1.82, 2.24) is 0 Å². The molecule has 0 saturated heterocycles. The van der Waals surface area contributed by atoms with Gasteiger partial charge in [-0.05, 0) is 11.0 Å². The molecule has 1 radical (unpaired) electrons. The average Bonchev–Trinajstić information content (AvgIpc) is 0.918. The van der Waals surface area contributed by atoms with E-state index in [4.69, 9.17) is 6.65 Å². The molecule has 0 aliphatic rings. The van der Waals surface area contributed by atoms with E-state index in [-0.39, 0.29) is 36.8 Å². The van der Waals surface area contributed by atoms with E-state index in [9.17, 15) is 0 Å². The molecule has 0 unspecified atom stereocenters. The Morgan fingerprint density at radius 1 is 1.20 bits per heavy atom. The normalized spacial score (nSPS) is 1.60. The van der Waals surface area contributed by atoms with Crippen LogP contribution in [0.5, 0.6) is 0 Å². The van der Waals surface area contributed by atoms with Gasteiger partial charge in [-0.15, -0.1) is 0 Å². The summed E-state index contributed by atoms with van der Waals surface area (Å²) >= 11 is -2.00. The van der Waals surface area contributed by atoms with Gasteiger partial charge in [-0.3, -0.25) is 0 Å². The second-order valence-corrected chi connectivity index (χ2v) is 0.344. The molecule has 0 aliphatic carbocycles. The first-order chi connectivity index (χ1) is 1.41. The third-order valence-corrected chi connectivity index (χ3v) is 0. The van der Waals surface area contributed by atoms with E-state index in [0.717, 1.165) is 0 Å². The zero-order valence-corrected chi connectivity index (χ0v) is 9.97. The molecule has 0 aliphatic heterocycles. The Bertz CT molecular complexity index is 30.6. The van der Waals surface area contributed by atoms with Crippen LogP contribution in [0.4, 0.5) is 0 Å². The van der Waals surface area contributed by atoms with Crippen LogP contribution in [-0.2, 0) is 51.6 Å². The summed E-state index contributed by atoms with van der Waals surface area (Å²) < 4.78 is 17.0. The Balaban J connectivity index is -0.0000000200. The van der Waals surface area contributed by atoms with Gasteiger partial charge in [0.25, 0.3) is 0 Å². The van der Waals surface area contributed by atoms with Crippen LogP contribution in [0.15, 0.2) is 0 Å². The molecule has 27 valence electrons. The van der Waals surface area contributed by atoms with Crippen LogP contribution in [0.1, 0.15) is 0 Å². The molecule has 2 nitrogen and oxygen atoms in total. The Morgan fingerprint density at radius 2 is 1.20 bits per heavy atom. The third kappa shape index (κ3) is 31.8. The Hall–Kier alpha value is 1.40. The minimum atomic E-state index is -2.00. The molecule has 0 rings (SSSR count). The second kappa shape index (κ2) is 18.1. The van der Waals surface area contributed by atoms with E-state index in [0.29, 0.717) is 0 Å². The van der Waals surface area contributed by atoms with Gasteiger partial charge in [0, 0.05) is 25.8 Å². The summed E-state index contributed by atoms with van der Waals surface area (Å²) in [4.78, 5) is 0. The zero-order chi connectivity index (χ0) is 2.71. The summed E-state index contributed by atoms with van der Waals surface area (Å²) in [6.07, 6.45) is 0. The summed E-state index contributed by atoms with van der Waals surface area (Å²) in [5, 5.41) is 0. The second-order valence-electron chi connectivity index (χ2n) is 0.0833. The van der Waals surface area contributed by atoms with E-state index in [1.807, 2.05) is 0 Å². The van der Waals surface area contributed by atoms with Crippen LogP contribution in [-0.4, -0.2) is 11.0 Å². The first-order valence-electron chi connectivity index (χ1n) is 0.408. The van der Waals surface area contributed by atoms with E-state index in [1.54, 1.807) is 0 Å². The van der Waals surface area contributed by atoms with Gasteiger partial charge >= 0.3 is 25.7 Å². The molecule has 0 N–H and O–H groups in total. The maximum atomic E-state index is 8.50. The van der Waals surface area contributed by atoms with Gasteiger partial charge in [-0.1, -0.05) is 0 Å². The fourth-order valence-corrected chi connectivity index (χ4v) is 0. The molecule has 0 atom stereocenters. The molecule has 0 heterocycles. The van der Waals surface area contributed by atoms with Crippen molar-refractivity contribution in [2.45, 2.75) is 0 Å². The van der Waals surface area contributed by atoms with E-state index in [2.05, 4.69) is 0 Å². The molecule has 0 spiro atoms. The molecule has 5 heavy (non-hydrogen) atoms. The van der Waals surface area contributed by atoms with Crippen molar-refractivity contribution in [2.75, 3.05) is 0 Å². The molecular weight excluding hydrogens is 286 g/mol. The average molecular weight is 289 g/mol. The Morgan fingerprint density at radius 3 is 1.20 bits per heavy atom. The fraction of sp³-hybridized carbons (Fsp3) is 0. The zero-order valence-electron chi connectivity index (χ0n) is 2.82. The summed E-state index contributed by atoms with van der Waals surface area (Å²) in [5.41, 5.74) is 0. The smallest absolute Gasteiger partial charge is 0.0125 e. The van der Waals surface area contributed by atoms with Gasteiger partial charge in [0.15, 0.2) is 0 Å². The first kappa shape index (κ1) is 16.1. The summed E-state index contributed by atoms with van der Waals surface area (Å²) in [7, 11) is 0. The van der Waals surface area contributed by atoms with Gasteiger partial charge < -0.3 is 0 Å². The van der Waals surface area contributed by atoms with Crippen LogP contribution in [0.3, 0.4) is 0 Å². The van der Waals surface area contributed by atoms with Gasteiger partial charge in [0.05, 0.1) is 0 Å². The van der Waals surface area contributed by atoms with Crippen LogP contribution >= 0.6 is 0 Å². The van der Waals surface area contributed by atoms with Gasteiger partial charge in [0.2, 0.25) is 0 Å². The fourth-order valence-electron chi connectivity index (χ4n) is 0. The maximum Gasteiger partial charge on any atom is -0.0125 e. The van der Waals surface area contributed by atoms with Crippen LogP contribution < -0.4 is 0 Å². The van der Waals surface area contributed by atoms with Crippen LogP contribution in [0.25, 0.3) is 0 Å². The van der Waals surface area contributed by atoms with E-state index in [1.165, 1.54) is 0 Å². The number of rotatable bonds is 0. The molecule has 5 heteroatoms. The van der Waals surface area contributed by atoms with Crippen LogP contribution in [0.2, 0.25) is 0 Å². The minimum Gasteiger partial charge on any atom is -0.0125 e. The minimum absolute atomic E-state index is 0. The van der Waals surface area contributed by atoms with Gasteiger partial charge in [-0.25, -0.2) is 0 Å². The predicted octanol–water partition coefficient (Wildman–Crippen LogP) is -1.43. The summed E-state index contributed by atoms with van der Waals surface area (Å²) in [5.74, 6) is 0. The van der Waals surface area contributed by atoms with Crippen molar-refractivity contribution in [3.05, 3.63) is 0 Å². The molecule has 0 bridgehead atoms. The van der Waals surface area contributed by atoms with E-state index < -0.39 is 19.1 Å². The first-order valence-corrected chi connectivity index (χ1v) is 1.68. The van der Waals surface area contributed by atoms with Gasteiger partial charge in [-0.2, -0.15) is 0 Å². The largest absolute Gasteiger partial charge is 0.0125 e. The van der Waals surface area contributed by atoms with Crippen molar-refractivity contribution in [3.8, 4) is 0 Å². The quantitative estimate of drug-likeness (QED) is 0.513. The number of hydrogen-bond donors (Lipinski definition) is 0. The topological polar surface area (TPSA) is 34.1 Å². The molecule has 0 fully saturated rings. The van der Waals surface area contributed by atoms with Crippen LogP contribution in [0, 0.1) is 0 Å². The maximum absolute atomic E-state index is 8.50. The molecule has 0 aromatic heterocycles. The van der Waals surface area contributed by atoms with Crippen molar-refractivity contribution in [1.29, 1.82) is 0 Å². The van der Waals surface area contributed by atoms with Gasteiger partial charge in [0.1, 0.15) is 0 Å². The molecule has 0 aromatic rings. The molecule has 0 amide bonds. The summed E-state index contributed by atoms with van der Waals surface area (Å²) in [6, 6.07) is 0. The van der Waals surface area contributed by atoms with Crippen molar-refractivity contribution in [3.63, 3.8) is 0 Å². The third-order valence-electron chi connectivity index (χ3n) is 0. The van der Waals surface area contributed by atoms with Crippen molar-refractivity contribution in [2.24, 2.45) is 0 Å². The van der Waals surface area contributed by atoms with E-state index >= 15 is 0 Å². The standard InChI is InChI=1S/Hf.2O.H3Si.Ti/h;;;1H3;. The Labute approximate surface area is 62.1 Å². The molecular formula is H3HfO2SiTi. The monoisotopic (exact) mass is 291 g/mol. The van der Waals surface area contributed by atoms with Crippen molar-refractivity contribution < 1.29 is 51.6 Å².